The quantitative estimate of drug-likeness (QED) is 0.706. The van der Waals surface area contributed by atoms with Crippen molar-refractivity contribution in [2.75, 3.05) is 21.0 Å². The van der Waals surface area contributed by atoms with E-state index in [-0.39, 0.29) is 17.7 Å². The van der Waals surface area contributed by atoms with Crippen LogP contribution in [0.15, 0.2) is 44.5 Å². The Balaban J connectivity index is 1.84. The predicted octanol–water partition coefficient (Wildman–Crippen LogP) is 3.00. The van der Waals surface area contributed by atoms with Crippen LogP contribution in [0, 0.1) is 0 Å². The van der Waals surface area contributed by atoms with Gasteiger partial charge in [-0.1, -0.05) is 0 Å². The second-order valence-corrected chi connectivity index (χ2v) is 5.66. The summed E-state index contributed by atoms with van der Waals surface area (Å²) in [5.41, 5.74) is 0.130. The zero-order chi connectivity index (χ0) is 19.0. The van der Waals surface area contributed by atoms with Crippen molar-refractivity contribution in [3.8, 4) is 28.9 Å². The second-order valence-electron chi connectivity index (χ2n) is 5.66. The van der Waals surface area contributed by atoms with Crippen LogP contribution in [0.1, 0.15) is 5.56 Å². The molecular formula is C19H15NO7. The average molecular weight is 369 g/mol. The van der Waals surface area contributed by atoms with E-state index in [1.54, 1.807) is 24.3 Å². The summed E-state index contributed by atoms with van der Waals surface area (Å²) >= 11 is 0. The van der Waals surface area contributed by atoms with Crippen LogP contribution >= 0.6 is 0 Å². The Labute approximate surface area is 153 Å². The van der Waals surface area contributed by atoms with Gasteiger partial charge >= 0.3 is 5.63 Å². The molecule has 0 saturated heterocycles. The molecule has 0 saturated carbocycles. The molecule has 2 heterocycles. The van der Waals surface area contributed by atoms with Crippen LogP contribution < -0.4 is 24.6 Å². The maximum absolute atomic E-state index is 12.1. The van der Waals surface area contributed by atoms with E-state index in [0.717, 1.165) is 0 Å². The average Bonchev–Trinajstić information content (AvgIpc) is 3.14. The van der Waals surface area contributed by atoms with Gasteiger partial charge in [-0.15, -0.1) is 0 Å². The van der Waals surface area contributed by atoms with Gasteiger partial charge in [0.2, 0.25) is 6.79 Å². The Morgan fingerprint density at radius 3 is 2.48 bits per heavy atom. The number of hydrogen-bond acceptors (Lipinski definition) is 8. The van der Waals surface area contributed by atoms with Gasteiger partial charge in [0.15, 0.2) is 23.0 Å². The summed E-state index contributed by atoms with van der Waals surface area (Å²) in [5, 5.41) is 10.8. The van der Waals surface area contributed by atoms with Crippen LogP contribution in [0.4, 0.5) is 5.69 Å². The minimum Gasteiger partial charge on any atom is -0.493 e. The Bertz CT molecular complexity index is 1120. The number of fused-ring (bicyclic) bond motifs is 2. The lowest BCUT2D eigenvalue weighted by atomic mass is 10.1. The van der Waals surface area contributed by atoms with Crippen LogP contribution in [-0.4, -0.2) is 32.3 Å². The number of nitrogens with zero attached hydrogens (tertiary/aromatic N) is 1. The molecule has 0 radical (unpaired) electrons. The molecule has 2 aromatic carbocycles. The third-order valence-electron chi connectivity index (χ3n) is 4.15. The fraction of sp³-hybridized carbons (Fsp3) is 0.158. The molecule has 1 N–H and O–H groups in total. The van der Waals surface area contributed by atoms with Crippen LogP contribution in [0.2, 0.25) is 0 Å². The molecule has 0 spiro atoms. The third-order valence-corrected chi connectivity index (χ3v) is 4.15. The van der Waals surface area contributed by atoms with Crippen LogP contribution in [0.5, 0.6) is 28.9 Å². The Kier molecular flexibility index (Phi) is 4.08. The summed E-state index contributed by atoms with van der Waals surface area (Å²) in [4.78, 5) is 16.5. The standard InChI is InChI=1S/C19H15NO7/c1-23-15-6-11-12(7-16(15)24-2)18(21)27-19(22)13(11)8-20-10-3-4-14-17(5-10)26-9-25-14/h3-8,22H,9H2,1-2H3. The molecule has 8 nitrogen and oxygen atoms in total. The highest BCUT2D eigenvalue weighted by Crippen LogP contribution is 2.36. The van der Waals surface area contributed by atoms with Crippen molar-refractivity contribution in [2.24, 2.45) is 4.99 Å². The van der Waals surface area contributed by atoms with E-state index in [9.17, 15) is 9.90 Å². The molecule has 0 atom stereocenters. The molecule has 4 rings (SSSR count). The van der Waals surface area contributed by atoms with Gasteiger partial charge in [0.25, 0.3) is 5.95 Å². The van der Waals surface area contributed by atoms with Crippen LogP contribution in [0.25, 0.3) is 10.8 Å². The Hall–Kier alpha value is -3.68. The van der Waals surface area contributed by atoms with E-state index in [1.165, 1.54) is 26.5 Å². The maximum atomic E-state index is 12.1. The zero-order valence-electron chi connectivity index (χ0n) is 14.5. The topological polar surface area (TPSA) is 99.7 Å². The molecule has 0 unspecified atom stereocenters. The first-order valence-corrected chi connectivity index (χ1v) is 7.96. The lowest BCUT2D eigenvalue weighted by Crippen LogP contribution is -2.03. The molecule has 0 fully saturated rings. The number of benzene rings is 2. The van der Waals surface area contributed by atoms with Crippen LogP contribution in [-0.2, 0) is 0 Å². The molecule has 8 heteroatoms. The normalized spacial score (nSPS) is 12.7. The lowest BCUT2D eigenvalue weighted by molar-refractivity contribution is 0.174. The maximum Gasteiger partial charge on any atom is 0.346 e. The SMILES string of the molecule is COc1cc2c(C=Nc3ccc4c(c3)OCO4)c(O)oc(=O)c2cc1OC. The Morgan fingerprint density at radius 2 is 1.74 bits per heavy atom. The summed E-state index contributed by atoms with van der Waals surface area (Å²) < 4.78 is 26.0. The molecule has 27 heavy (non-hydrogen) atoms. The van der Waals surface area contributed by atoms with Crippen molar-refractivity contribution in [1.82, 2.24) is 0 Å². The van der Waals surface area contributed by atoms with E-state index >= 15 is 0 Å². The van der Waals surface area contributed by atoms with Gasteiger partial charge in [0, 0.05) is 17.7 Å². The van der Waals surface area contributed by atoms with Crippen molar-refractivity contribution in [2.45, 2.75) is 0 Å². The van der Waals surface area contributed by atoms with Crippen molar-refractivity contribution < 1.29 is 28.5 Å². The van der Waals surface area contributed by atoms with E-state index in [2.05, 4.69) is 4.99 Å². The van der Waals surface area contributed by atoms with Gasteiger partial charge in [-0.25, -0.2) is 4.79 Å². The largest absolute Gasteiger partial charge is 0.493 e. The first-order valence-electron chi connectivity index (χ1n) is 7.96. The number of rotatable bonds is 4. The van der Waals surface area contributed by atoms with Crippen molar-refractivity contribution in [3.05, 3.63) is 46.3 Å². The minimum atomic E-state index is -0.691. The molecule has 0 bridgehead atoms. The molecule has 1 aromatic heterocycles. The van der Waals surface area contributed by atoms with Gasteiger partial charge in [-0.05, 0) is 24.3 Å². The monoisotopic (exact) mass is 369 g/mol. The van der Waals surface area contributed by atoms with Gasteiger partial charge < -0.3 is 28.5 Å². The Morgan fingerprint density at radius 1 is 1.04 bits per heavy atom. The van der Waals surface area contributed by atoms with E-state index in [4.69, 9.17) is 23.4 Å². The molecule has 0 aliphatic carbocycles. The predicted molar refractivity (Wildman–Crippen MR) is 97.1 cm³/mol. The summed E-state index contributed by atoms with van der Waals surface area (Å²) in [7, 11) is 2.95. The van der Waals surface area contributed by atoms with E-state index in [0.29, 0.717) is 34.1 Å². The van der Waals surface area contributed by atoms with Crippen LogP contribution in [0.3, 0.4) is 0 Å². The van der Waals surface area contributed by atoms with Crippen molar-refractivity contribution in [1.29, 1.82) is 0 Å². The van der Waals surface area contributed by atoms with E-state index < -0.39 is 11.6 Å². The molecule has 0 amide bonds. The van der Waals surface area contributed by atoms with E-state index in [1.807, 2.05) is 0 Å². The number of aromatic hydroxyl groups is 1. The summed E-state index contributed by atoms with van der Waals surface area (Å²) in [6.07, 6.45) is 1.41. The smallest absolute Gasteiger partial charge is 0.346 e. The number of aliphatic imine (C=N–C) groups is 1. The highest BCUT2D eigenvalue weighted by Gasteiger charge is 2.17. The zero-order valence-corrected chi connectivity index (χ0v) is 14.5. The molecule has 1 aliphatic heterocycles. The fourth-order valence-electron chi connectivity index (χ4n) is 2.81. The fourth-order valence-corrected chi connectivity index (χ4v) is 2.81. The molecule has 3 aromatic rings. The number of hydrogen-bond donors (Lipinski definition) is 1. The van der Waals surface area contributed by atoms with Gasteiger partial charge in [-0.3, -0.25) is 4.99 Å². The summed E-state index contributed by atoms with van der Waals surface area (Å²) in [6.45, 7) is 0.166. The summed E-state index contributed by atoms with van der Waals surface area (Å²) in [5.74, 6) is 1.48. The van der Waals surface area contributed by atoms with Gasteiger partial charge in [-0.2, -0.15) is 0 Å². The highest BCUT2D eigenvalue weighted by atomic mass is 16.7. The van der Waals surface area contributed by atoms with Gasteiger partial charge in [0.1, 0.15) is 0 Å². The molecule has 1 aliphatic rings. The third kappa shape index (κ3) is 2.91. The first-order chi connectivity index (χ1) is 13.1. The number of methoxy groups -OCH3 is 2. The lowest BCUT2D eigenvalue weighted by Gasteiger charge is -2.10. The minimum absolute atomic E-state index is 0.166. The molecule has 138 valence electrons. The summed E-state index contributed by atoms with van der Waals surface area (Å²) in [6, 6.07) is 8.28. The van der Waals surface area contributed by atoms with Gasteiger partial charge in [0.05, 0.1) is 30.9 Å². The number of ether oxygens (including phenoxy) is 4. The second kappa shape index (κ2) is 6.56. The van der Waals surface area contributed by atoms with Crippen molar-refractivity contribution in [3.63, 3.8) is 0 Å². The first kappa shape index (κ1) is 16.8. The molecular weight excluding hydrogens is 354 g/mol. The highest BCUT2D eigenvalue weighted by molar-refractivity contribution is 6.02. The van der Waals surface area contributed by atoms with Crippen molar-refractivity contribution >= 4 is 22.7 Å².